The number of nitrogens with zero attached hydrogens (tertiary/aromatic N) is 2. The van der Waals surface area contributed by atoms with Gasteiger partial charge in [-0.2, -0.15) is 0 Å². The fraction of sp³-hybridized carbons (Fsp3) is 0.714. The fourth-order valence-electron chi connectivity index (χ4n) is 2.09. The maximum atomic E-state index is 12.0. The number of anilines is 1. The van der Waals surface area contributed by atoms with Gasteiger partial charge in [0, 0.05) is 36.2 Å². The minimum absolute atomic E-state index is 0.0633. The van der Waals surface area contributed by atoms with Gasteiger partial charge in [-0.1, -0.05) is 0 Å². The Hall–Kier alpha value is -1.14. The number of rotatable bonds is 3. The smallest absolute Gasteiger partial charge is 0.245 e. The van der Waals surface area contributed by atoms with Crippen molar-refractivity contribution >= 4 is 22.4 Å². The number of aromatic nitrogens is 1. The third-order valence-electron chi connectivity index (χ3n) is 3.42. The van der Waals surface area contributed by atoms with E-state index in [2.05, 4.69) is 41.3 Å². The van der Waals surface area contributed by atoms with Gasteiger partial charge in [0.25, 0.3) is 0 Å². The van der Waals surface area contributed by atoms with Gasteiger partial charge in [-0.3, -0.25) is 4.79 Å². The van der Waals surface area contributed by atoms with Crippen molar-refractivity contribution in [2.75, 3.05) is 18.0 Å². The van der Waals surface area contributed by atoms with Gasteiger partial charge in [-0.15, -0.1) is 11.3 Å². The van der Waals surface area contributed by atoms with E-state index in [0.29, 0.717) is 6.54 Å². The van der Waals surface area contributed by atoms with Gasteiger partial charge >= 0.3 is 0 Å². The molecule has 1 aliphatic heterocycles. The zero-order valence-electron chi connectivity index (χ0n) is 12.9. The van der Waals surface area contributed by atoms with Gasteiger partial charge in [0.05, 0.1) is 0 Å². The molecule has 1 aromatic rings. The topological polar surface area (TPSA) is 57.3 Å². The van der Waals surface area contributed by atoms with Crippen LogP contribution in [0.15, 0.2) is 6.20 Å². The second kappa shape index (κ2) is 5.33. The third-order valence-corrected chi connectivity index (χ3v) is 4.44. The zero-order valence-corrected chi connectivity index (χ0v) is 13.7. The molecule has 0 spiro atoms. The van der Waals surface area contributed by atoms with E-state index in [9.17, 15) is 4.79 Å². The maximum absolute atomic E-state index is 12.0. The molecule has 0 bridgehead atoms. The number of piperazine rings is 1. The lowest BCUT2D eigenvalue weighted by Gasteiger charge is -2.41. The van der Waals surface area contributed by atoms with Crippen LogP contribution in [0.1, 0.15) is 39.5 Å². The van der Waals surface area contributed by atoms with E-state index in [1.54, 1.807) is 11.3 Å². The first kappa shape index (κ1) is 15.3. The number of nitrogens with one attached hydrogen (secondary N) is 2. The largest absolute Gasteiger partial charge is 0.352 e. The van der Waals surface area contributed by atoms with Crippen molar-refractivity contribution < 1.29 is 4.79 Å². The lowest BCUT2D eigenvalue weighted by atomic mass is 10.00. The molecule has 2 N–H and O–H groups in total. The molecule has 1 saturated heterocycles. The minimum Gasteiger partial charge on any atom is -0.352 e. The van der Waals surface area contributed by atoms with Crippen LogP contribution in [-0.2, 0) is 11.3 Å². The summed E-state index contributed by atoms with van der Waals surface area (Å²) in [5.41, 5.74) is -0.445. The molecule has 0 atom stereocenters. The molecule has 2 heterocycles. The number of amides is 1. The van der Waals surface area contributed by atoms with Crippen molar-refractivity contribution in [2.24, 2.45) is 0 Å². The van der Waals surface area contributed by atoms with Crippen molar-refractivity contribution in [3.8, 4) is 0 Å². The average molecular weight is 296 g/mol. The van der Waals surface area contributed by atoms with Crippen molar-refractivity contribution in [1.29, 1.82) is 0 Å². The molecule has 2 rings (SSSR count). The normalized spacial score (nSPS) is 19.1. The number of carbonyl (C=O) groups excluding carboxylic acids is 1. The molecule has 0 unspecified atom stereocenters. The molecule has 6 heteroatoms. The van der Waals surface area contributed by atoms with E-state index in [-0.39, 0.29) is 11.4 Å². The standard InChI is InChI=1S/C14H24N4OS/c1-13(2,3)17-9-10-8-16-12(20-10)18-7-6-15-11(19)14(18,4)5/h8,17H,6-7,9H2,1-5H3,(H,15,19). The third kappa shape index (κ3) is 3.30. The summed E-state index contributed by atoms with van der Waals surface area (Å²) in [4.78, 5) is 19.8. The molecule has 20 heavy (non-hydrogen) atoms. The quantitative estimate of drug-likeness (QED) is 0.892. The highest BCUT2D eigenvalue weighted by Crippen LogP contribution is 2.30. The lowest BCUT2D eigenvalue weighted by molar-refractivity contribution is -0.126. The van der Waals surface area contributed by atoms with Crippen molar-refractivity contribution in [3.05, 3.63) is 11.1 Å². The average Bonchev–Trinajstić information content (AvgIpc) is 2.77. The van der Waals surface area contributed by atoms with E-state index in [4.69, 9.17) is 0 Å². The summed E-state index contributed by atoms with van der Waals surface area (Å²) in [6.07, 6.45) is 1.90. The van der Waals surface area contributed by atoms with Crippen LogP contribution in [0.3, 0.4) is 0 Å². The molecule has 0 saturated carbocycles. The highest BCUT2D eigenvalue weighted by Gasteiger charge is 2.39. The first-order chi connectivity index (χ1) is 9.20. The number of carbonyl (C=O) groups is 1. The SMILES string of the molecule is CC(C)(C)NCc1cnc(N2CCNC(=O)C2(C)C)s1. The second-order valence-electron chi connectivity index (χ2n) is 6.68. The molecule has 0 aromatic carbocycles. The molecule has 1 amide bonds. The Morgan fingerprint density at radius 1 is 1.50 bits per heavy atom. The molecule has 1 aromatic heterocycles. The number of thiazole rings is 1. The fourth-order valence-corrected chi connectivity index (χ4v) is 3.11. The Morgan fingerprint density at radius 3 is 2.85 bits per heavy atom. The van der Waals surface area contributed by atoms with Gasteiger partial charge in [-0.25, -0.2) is 4.98 Å². The molecular formula is C14H24N4OS. The summed E-state index contributed by atoms with van der Waals surface area (Å²) in [6.45, 7) is 12.6. The zero-order chi connectivity index (χ0) is 15.0. The molecule has 0 radical (unpaired) electrons. The summed E-state index contributed by atoms with van der Waals surface area (Å²) in [5, 5.41) is 7.29. The Kier molecular flexibility index (Phi) is 4.07. The summed E-state index contributed by atoms with van der Waals surface area (Å²) in [5.74, 6) is 0.0633. The highest BCUT2D eigenvalue weighted by atomic mass is 32.1. The Bertz CT molecular complexity index is 490. The lowest BCUT2D eigenvalue weighted by Crippen LogP contribution is -2.62. The van der Waals surface area contributed by atoms with E-state index >= 15 is 0 Å². The van der Waals surface area contributed by atoms with E-state index < -0.39 is 5.54 Å². The van der Waals surface area contributed by atoms with E-state index in [0.717, 1.165) is 18.2 Å². The van der Waals surface area contributed by atoms with Gasteiger partial charge in [-0.05, 0) is 34.6 Å². The second-order valence-corrected chi connectivity index (χ2v) is 7.77. The Labute approximate surface area is 124 Å². The molecule has 1 aliphatic rings. The van der Waals surface area contributed by atoms with Crippen LogP contribution < -0.4 is 15.5 Å². The predicted octanol–water partition coefficient (Wildman–Crippen LogP) is 1.75. The van der Waals surface area contributed by atoms with Crippen LogP contribution in [0, 0.1) is 0 Å². The van der Waals surface area contributed by atoms with Crippen LogP contribution >= 0.6 is 11.3 Å². The first-order valence-corrected chi connectivity index (χ1v) is 7.77. The van der Waals surface area contributed by atoms with Crippen LogP contribution in [-0.4, -0.2) is 35.1 Å². The Morgan fingerprint density at radius 2 is 2.20 bits per heavy atom. The molecule has 0 aliphatic carbocycles. The monoisotopic (exact) mass is 296 g/mol. The summed E-state index contributed by atoms with van der Waals surface area (Å²) < 4.78 is 0. The van der Waals surface area contributed by atoms with Crippen LogP contribution in [0.25, 0.3) is 0 Å². The predicted molar refractivity (Wildman–Crippen MR) is 83.1 cm³/mol. The molecule has 5 nitrogen and oxygen atoms in total. The van der Waals surface area contributed by atoms with Crippen molar-refractivity contribution in [2.45, 2.75) is 52.2 Å². The van der Waals surface area contributed by atoms with Gasteiger partial charge in [0.15, 0.2) is 5.13 Å². The maximum Gasteiger partial charge on any atom is 0.245 e. The Balaban J connectivity index is 2.10. The minimum atomic E-state index is -0.537. The number of hydrogen-bond donors (Lipinski definition) is 2. The van der Waals surface area contributed by atoms with Gasteiger partial charge in [0.2, 0.25) is 5.91 Å². The van der Waals surface area contributed by atoms with Crippen LogP contribution in [0.4, 0.5) is 5.13 Å². The van der Waals surface area contributed by atoms with Crippen LogP contribution in [0.5, 0.6) is 0 Å². The number of hydrogen-bond acceptors (Lipinski definition) is 5. The van der Waals surface area contributed by atoms with Gasteiger partial charge in [0.1, 0.15) is 5.54 Å². The van der Waals surface area contributed by atoms with Crippen LogP contribution in [0.2, 0.25) is 0 Å². The summed E-state index contributed by atoms with van der Waals surface area (Å²) in [7, 11) is 0. The van der Waals surface area contributed by atoms with Gasteiger partial charge < -0.3 is 15.5 Å². The highest BCUT2D eigenvalue weighted by molar-refractivity contribution is 7.15. The summed E-state index contributed by atoms with van der Waals surface area (Å²) in [6, 6.07) is 0. The molecule has 112 valence electrons. The van der Waals surface area contributed by atoms with Crippen molar-refractivity contribution in [1.82, 2.24) is 15.6 Å². The first-order valence-electron chi connectivity index (χ1n) is 6.96. The van der Waals surface area contributed by atoms with E-state index in [1.807, 2.05) is 20.0 Å². The van der Waals surface area contributed by atoms with Crippen molar-refractivity contribution in [3.63, 3.8) is 0 Å². The van der Waals surface area contributed by atoms with E-state index in [1.165, 1.54) is 4.88 Å². The summed E-state index contributed by atoms with van der Waals surface area (Å²) >= 11 is 1.66. The molecule has 1 fully saturated rings. The molecular weight excluding hydrogens is 272 g/mol.